The van der Waals surface area contributed by atoms with E-state index in [1.54, 1.807) is 30.7 Å². The number of halogens is 1. The maximum atomic E-state index is 13.0. The second kappa shape index (κ2) is 12.5. The molecule has 0 heterocycles. The molecule has 0 aliphatic carbocycles. The van der Waals surface area contributed by atoms with Crippen LogP contribution in [-0.4, -0.2) is 42.2 Å². The van der Waals surface area contributed by atoms with Crippen LogP contribution in [0.3, 0.4) is 0 Å². The molecule has 0 aliphatic heterocycles. The summed E-state index contributed by atoms with van der Waals surface area (Å²) >= 11 is 7.52. The number of nitrogens with one attached hydrogen (secondary N) is 1. The second-order valence-electron chi connectivity index (χ2n) is 6.89. The first-order valence-corrected chi connectivity index (χ1v) is 11.4. The molecule has 0 radical (unpaired) electrons. The zero-order valence-electron chi connectivity index (χ0n) is 17.7. The van der Waals surface area contributed by atoms with E-state index in [0.29, 0.717) is 30.3 Å². The van der Waals surface area contributed by atoms with E-state index < -0.39 is 6.04 Å². The predicted octanol–water partition coefficient (Wildman–Crippen LogP) is 4.77. The van der Waals surface area contributed by atoms with E-state index in [1.807, 2.05) is 55.5 Å². The molecule has 0 aromatic heterocycles. The fourth-order valence-electron chi connectivity index (χ4n) is 2.84. The van der Waals surface area contributed by atoms with E-state index in [2.05, 4.69) is 5.32 Å². The van der Waals surface area contributed by atoms with Crippen molar-refractivity contribution in [1.82, 2.24) is 10.2 Å². The average molecular weight is 449 g/mol. The summed E-state index contributed by atoms with van der Waals surface area (Å²) in [6.07, 6.45) is 1.19. The molecule has 0 bridgehead atoms. The Labute approximate surface area is 188 Å². The molecule has 2 aromatic rings. The van der Waals surface area contributed by atoms with Gasteiger partial charge in [0.25, 0.3) is 0 Å². The first-order chi connectivity index (χ1) is 14.4. The summed E-state index contributed by atoms with van der Waals surface area (Å²) in [5.41, 5.74) is 0.949. The van der Waals surface area contributed by atoms with Crippen LogP contribution in [0.25, 0.3) is 0 Å². The number of methoxy groups -OCH3 is 1. The molecular weight excluding hydrogens is 420 g/mol. The number of amides is 2. The summed E-state index contributed by atoms with van der Waals surface area (Å²) in [5, 5.41) is 3.58. The molecule has 1 atom stereocenters. The Hall–Kier alpha value is -2.18. The van der Waals surface area contributed by atoms with Crippen molar-refractivity contribution in [2.75, 3.05) is 19.4 Å². The van der Waals surface area contributed by atoms with Gasteiger partial charge in [0.2, 0.25) is 11.8 Å². The number of carbonyl (C=O) groups is 2. The van der Waals surface area contributed by atoms with E-state index in [-0.39, 0.29) is 11.8 Å². The smallest absolute Gasteiger partial charge is 0.242 e. The Balaban J connectivity index is 2.04. The predicted molar refractivity (Wildman–Crippen MR) is 123 cm³/mol. The van der Waals surface area contributed by atoms with Gasteiger partial charge in [-0.2, -0.15) is 0 Å². The summed E-state index contributed by atoms with van der Waals surface area (Å²) in [7, 11) is 1.61. The molecule has 0 saturated carbocycles. The Morgan fingerprint density at radius 1 is 1.13 bits per heavy atom. The lowest BCUT2D eigenvalue weighted by Gasteiger charge is -2.29. The summed E-state index contributed by atoms with van der Waals surface area (Å²) < 4.78 is 5.20. The number of nitrogens with zero attached hydrogens (tertiary/aromatic N) is 1. The second-order valence-corrected chi connectivity index (χ2v) is 8.49. The molecule has 162 valence electrons. The van der Waals surface area contributed by atoms with Crippen molar-refractivity contribution in [3.8, 4) is 5.75 Å². The van der Waals surface area contributed by atoms with Crippen LogP contribution in [0.4, 0.5) is 0 Å². The maximum Gasteiger partial charge on any atom is 0.242 e. The van der Waals surface area contributed by atoms with E-state index in [1.165, 1.54) is 0 Å². The lowest BCUT2D eigenvalue weighted by molar-refractivity contribution is -0.140. The first kappa shape index (κ1) is 24.1. The highest BCUT2D eigenvalue weighted by atomic mass is 35.5. The van der Waals surface area contributed by atoms with Crippen LogP contribution in [0, 0.1) is 0 Å². The van der Waals surface area contributed by atoms with Crippen LogP contribution in [0.15, 0.2) is 53.4 Å². The third-order valence-electron chi connectivity index (χ3n) is 4.63. The summed E-state index contributed by atoms with van der Waals surface area (Å²) in [6, 6.07) is 14.5. The van der Waals surface area contributed by atoms with Crippen molar-refractivity contribution >= 4 is 35.2 Å². The normalized spacial score (nSPS) is 11.6. The average Bonchev–Trinajstić information content (AvgIpc) is 2.77. The van der Waals surface area contributed by atoms with Gasteiger partial charge in [-0.15, -0.1) is 11.8 Å². The van der Waals surface area contributed by atoms with Crippen molar-refractivity contribution < 1.29 is 14.3 Å². The molecule has 0 unspecified atom stereocenters. The van der Waals surface area contributed by atoms with Crippen LogP contribution >= 0.6 is 23.4 Å². The van der Waals surface area contributed by atoms with Crippen molar-refractivity contribution in [1.29, 1.82) is 0 Å². The zero-order valence-corrected chi connectivity index (χ0v) is 19.3. The van der Waals surface area contributed by atoms with E-state index >= 15 is 0 Å². The fourth-order valence-corrected chi connectivity index (χ4v) is 3.80. The van der Waals surface area contributed by atoms with Gasteiger partial charge < -0.3 is 15.0 Å². The van der Waals surface area contributed by atoms with Crippen molar-refractivity contribution in [3.63, 3.8) is 0 Å². The van der Waals surface area contributed by atoms with E-state index in [4.69, 9.17) is 16.3 Å². The van der Waals surface area contributed by atoms with Gasteiger partial charge in [-0.1, -0.05) is 30.7 Å². The topological polar surface area (TPSA) is 58.6 Å². The summed E-state index contributed by atoms with van der Waals surface area (Å²) in [5.74, 6) is 1.20. The molecule has 2 aromatic carbocycles. The van der Waals surface area contributed by atoms with Gasteiger partial charge in [-0.05, 0) is 55.3 Å². The number of hydrogen-bond donors (Lipinski definition) is 1. The molecule has 0 aliphatic rings. The fraction of sp³-hybridized carbons (Fsp3) is 0.391. The van der Waals surface area contributed by atoms with Crippen LogP contribution in [0.5, 0.6) is 5.75 Å². The van der Waals surface area contributed by atoms with Gasteiger partial charge in [0, 0.05) is 35.2 Å². The number of ether oxygens (including phenoxy) is 1. The molecule has 0 saturated heterocycles. The van der Waals surface area contributed by atoms with Gasteiger partial charge in [-0.3, -0.25) is 9.59 Å². The quantitative estimate of drug-likeness (QED) is 0.503. The minimum absolute atomic E-state index is 0.0496. The Morgan fingerprint density at radius 3 is 2.40 bits per heavy atom. The summed E-state index contributed by atoms with van der Waals surface area (Å²) in [6.45, 7) is 4.74. The van der Waals surface area contributed by atoms with E-state index in [9.17, 15) is 9.59 Å². The zero-order chi connectivity index (χ0) is 21.9. The van der Waals surface area contributed by atoms with Gasteiger partial charge in [0.15, 0.2) is 0 Å². The molecule has 0 fully saturated rings. The third kappa shape index (κ3) is 7.58. The number of carbonyl (C=O) groups excluding carboxylic acids is 2. The Bertz CT molecular complexity index is 812. The molecular formula is C23H29ClN2O3S. The van der Waals surface area contributed by atoms with Gasteiger partial charge in [0.05, 0.1) is 7.11 Å². The lowest BCUT2D eigenvalue weighted by atomic mass is 10.1. The molecule has 30 heavy (non-hydrogen) atoms. The molecule has 7 heteroatoms. The number of thioether (sulfide) groups is 1. The number of rotatable bonds is 11. The third-order valence-corrected chi connectivity index (χ3v) is 5.89. The van der Waals surface area contributed by atoms with Gasteiger partial charge in [0.1, 0.15) is 11.8 Å². The molecule has 5 nitrogen and oxygen atoms in total. The van der Waals surface area contributed by atoms with Gasteiger partial charge in [-0.25, -0.2) is 0 Å². The molecule has 2 rings (SSSR count). The number of benzene rings is 2. The SMILES string of the molecule is CCCNC(=O)[C@@H](C)N(Cc1ccc(OC)cc1)C(=O)CCSc1ccc(Cl)cc1. The van der Waals surface area contributed by atoms with E-state index in [0.717, 1.165) is 22.6 Å². The van der Waals surface area contributed by atoms with Crippen LogP contribution in [-0.2, 0) is 16.1 Å². The Morgan fingerprint density at radius 2 is 1.80 bits per heavy atom. The monoisotopic (exact) mass is 448 g/mol. The van der Waals surface area contributed by atoms with Crippen molar-refractivity contribution in [2.24, 2.45) is 0 Å². The molecule has 1 N–H and O–H groups in total. The highest BCUT2D eigenvalue weighted by Crippen LogP contribution is 2.22. The minimum atomic E-state index is -0.549. The first-order valence-electron chi connectivity index (χ1n) is 10.0. The molecule has 2 amide bonds. The lowest BCUT2D eigenvalue weighted by Crippen LogP contribution is -2.47. The van der Waals surface area contributed by atoms with Crippen LogP contribution in [0.2, 0.25) is 5.02 Å². The highest BCUT2D eigenvalue weighted by molar-refractivity contribution is 7.99. The largest absolute Gasteiger partial charge is 0.497 e. The van der Waals surface area contributed by atoms with Crippen molar-refractivity contribution in [2.45, 2.75) is 44.2 Å². The Kier molecular flexibility index (Phi) is 10.0. The minimum Gasteiger partial charge on any atom is -0.497 e. The molecule has 0 spiro atoms. The highest BCUT2D eigenvalue weighted by Gasteiger charge is 2.25. The van der Waals surface area contributed by atoms with Crippen LogP contribution < -0.4 is 10.1 Å². The summed E-state index contributed by atoms with van der Waals surface area (Å²) in [4.78, 5) is 28.3. The van der Waals surface area contributed by atoms with Gasteiger partial charge >= 0.3 is 0 Å². The maximum absolute atomic E-state index is 13.0. The standard InChI is InChI=1S/C23H29ClN2O3S/c1-4-14-25-23(28)17(2)26(16-18-5-9-20(29-3)10-6-18)22(27)13-15-30-21-11-7-19(24)8-12-21/h5-12,17H,4,13-16H2,1-3H3,(H,25,28)/t17-/m1/s1. The van der Waals surface area contributed by atoms with Crippen LogP contribution in [0.1, 0.15) is 32.3 Å². The van der Waals surface area contributed by atoms with Crippen molar-refractivity contribution in [3.05, 3.63) is 59.1 Å². The number of hydrogen-bond acceptors (Lipinski definition) is 4.